The SMILES string of the molecule is CC(C)CCC[C@H](C)[C@@H]1CC[C@@H]2[C@@H](CS(=O)(=O)c3ccccc3)C(=O)CC[C@]21C. The first-order valence-electron chi connectivity index (χ1n) is 11.5. The summed E-state index contributed by atoms with van der Waals surface area (Å²) in [5.74, 6) is 2.00. The van der Waals surface area contributed by atoms with Crippen molar-refractivity contribution in [3.63, 3.8) is 0 Å². The molecule has 0 aromatic heterocycles. The van der Waals surface area contributed by atoms with Crippen molar-refractivity contribution >= 4 is 15.6 Å². The second-order valence-electron chi connectivity index (χ2n) is 10.3. The van der Waals surface area contributed by atoms with Crippen molar-refractivity contribution in [3.8, 4) is 0 Å². The molecule has 0 heterocycles. The van der Waals surface area contributed by atoms with Crippen LogP contribution in [0.15, 0.2) is 35.2 Å². The number of rotatable bonds is 8. The number of carbonyl (C=O) groups excluding carboxylic acids is 1. The number of sulfone groups is 1. The number of hydrogen-bond acceptors (Lipinski definition) is 3. The van der Waals surface area contributed by atoms with Crippen LogP contribution in [-0.2, 0) is 14.6 Å². The highest BCUT2D eigenvalue weighted by Crippen LogP contribution is 2.59. The molecule has 29 heavy (non-hydrogen) atoms. The van der Waals surface area contributed by atoms with Gasteiger partial charge in [0.05, 0.1) is 10.6 Å². The molecule has 0 aliphatic heterocycles. The Balaban J connectivity index is 1.75. The Bertz CT molecular complexity index is 799. The fourth-order valence-electron chi connectivity index (χ4n) is 6.28. The van der Waals surface area contributed by atoms with E-state index in [1.165, 1.54) is 19.3 Å². The van der Waals surface area contributed by atoms with Gasteiger partial charge in [-0.2, -0.15) is 0 Å². The normalized spacial score (nSPS) is 31.1. The maximum Gasteiger partial charge on any atom is 0.179 e. The van der Waals surface area contributed by atoms with Gasteiger partial charge in [-0.05, 0) is 60.5 Å². The van der Waals surface area contributed by atoms with Crippen molar-refractivity contribution < 1.29 is 13.2 Å². The Morgan fingerprint density at radius 1 is 1.07 bits per heavy atom. The lowest BCUT2D eigenvalue weighted by molar-refractivity contribution is -0.130. The molecule has 1 aromatic carbocycles. The van der Waals surface area contributed by atoms with Crippen molar-refractivity contribution in [3.05, 3.63) is 30.3 Å². The van der Waals surface area contributed by atoms with E-state index in [-0.39, 0.29) is 28.8 Å². The summed E-state index contributed by atoms with van der Waals surface area (Å²) in [5, 5.41) is 0. The predicted octanol–water partition coefficient (Wildman–Crippen LogP) is 5.93. The van der Waals surface area contributed by atoms with Crippen LogP contribution in [0.4, 0.5) is 0 Å². The van der Waals surface area contributed by atoms with Crippen LogP contribution >= 0.6 is 0 Å². The van der Waals surface area contributed by atoms with Crippen LogP contribution in [0.25, 0.3) is 0 Å². The second kappa shape index (κ2) is 8.91. The molecular formula is C25H38O3S. The summed E-state index contributed by atoms with van der Waals surface area (Å²) in [5.41, 5.74) is 0.0992. The zero-order valence-corrected chi connectivity index (χ0v) is 19.4. The van der Waals surface area contributed by atoms with Gasteiger partial charge in [0, 0.05) is 12.3 Å². The van der Waals surface area contributed by atoms with E-state index in [9.17, 15) is 13.2 Å². The van der Waals surface area contributed by atoms with E-state index < -0.39 is 9.84 Å². The van der Waals surface area contributed by atoms with Crippen LogP contribution < -0.4 is 0 Å². The summed E-state index contributed by atoms with van der Waals surface area (Å²) in [4.78, 5) is 13.2. The highest BCUT2D eigenvalue weighted by atomic mass is 32.2. The Morgan fingerprint density at radius 3 is 2.41 bits per heavy atom. The molecular weight excluding hydrogens is 380 g/mol. The van der Waals surface area contributed by atoms with Crippen molar-refractivity contribution in [2.75, 3.05) is 5.75 Å². The molecule has 2 saturated carbocycles. The molecule has 0 N–H and O–H groups in total. The molecule has 0 bridgehead atoms. The van der Waals surface area contributed by atoms with Crippen LogP contribution in [0.2, 0.25) is 0 Å². The van der Waals surface area contributed by atoms with Gasteiger partial charge < -0.3 is 0 Å². The fraction of sp³-hybridized carbons (Fsp3) is 0.720. The highest BCUT2D eigenvalue weighted by molar-refractivity contribution is 7.91. The van der Waals surface area contributed by atoms with Gasteiger partial charge >= 0.3 is 0 Å². The van der Waals surface area contributed by atoms with Crippen molar-refractivity contribution in [1.82, 2.24) is 0 Å². The lowest BCUT2D eigenvalue weighted by atomic mass is 9.59. The lowest BCUT2D eigenvalue weighted by Crippen LogP contribution is -2.45. The summed E-state index contributed by atoms with van der Waals surface area (Å²) < 4.78 is 26.0. The van der Waals surface area contributed by atoms with E-state index in [0.29, 0.717) is 23.2 Å². The summed E-state index contributed by atoms with van der Waals surface area (Å²) in [6.45, 7) is 9.29. The molecule has 162 valence electrons. The topological polar surface area (TPSA) is 51.2 Å². The zero-order valence-electron chi connectivity index (χ0n) is 18.6. The van der Waals surface area contributed by atoms with Gasteiger partial charge in [-0.15, -0.1) is 0 Å². The minimum absolute atomic E-state index is 0.0233. The highest BCUT2D eigenvalue weighted by Gasteiger charge is 2.55. The number of hydrogen-bond donors (Lipinski definition) is 0. The average molecular weight is 419 g/mol. The van der Waals surface area contributed by atoms with E-state index in [4.69, 9.17) is 0 Å². The van der Waals surface area contributed by atoms with Gasteiger partial charge in [-0.1, -0.05) is 65.2 Å². The molecule has 2 aliphatic carbocycles. The molecule has 3 rings (SSSR count). The molecule has 1 aromatic rings. The molecule has 2 fully saturated rings. The molecule has 2 aliphatic rings. The minimum Gasteiger partial charge on any atom is -0.299 e. The summed E-state index contributed by atoms with van der Waals surface area (Å²) in [6.07, 6.45) is 7.38. The third-order valence-corrected chi connectivity index (χ3v) is 9.71. The van der Waals surface area contributed by atoms with E-state index in [2.05, 4.69) is 27.7 Å². The number of fused-ring (bicyclic) bond motifs is 1. The van der Waals surface area contributed by atoms with Crippen LogP contribution in [0.5, 0.6) is 0 Å². The first kappa shape index (κ1) is 22.5. The molecule has 3 nitrogen and oxygen atoms in total. The lowest BCUT2D eigenvalue weighted by Gasteiger charge is -2.46. The molecule has 0 saturated heterocycles. The standard InChI is InChI=1S/C25H38O3S/c1-18(2)9-8-10-19(3)22-13-14-23-21(24(26)15-16-25(22,23)4)17-29(27,28)20-11-6-5-7-12-20/h5-7,11-12,18-19,21-23H,8-10,13-17H2,1-4H3/t19-,21+,22-,23+,25-/m0/s1. The number of Topliss-reactive ketones (excluding diaryl/α,β-unsaturated/α-hetero) is 1. The second-order valence-corrected chi connectivity index (χ2v) is 12.3. The van der Waals surface area contributed by atoms with E-state index in [1.54, 1.807) is 24.3 Å². The van der Waals surface area contributed by atoms with Gasteiger partial charge in [0.1, 0.15) is 5.78 Å². The molecule has 0 unspecified atom stereocenters. The minimum atomic E-state index is -3.44. The fourth-order valence-corrected chi connectivity index (χ4v) is 7.94. The van der Waals surface area contributed by atoms with E-state index in [1.807, 2.05) is 6.07 Å². The summed E-state index contributed by atoms with van der Waals surface area (Å²) in [6, 6.07) is 8.63. The average Bonchev–Trinajstić information content (AvgIpc) is 3.02. The van der Waals surface area contributed by atoms with Crippen molar-refractivity contribution in [1.29, 1.82) is 0 Å². The Labute approximate surface area is 177 Å². The van der Waals surface area contributed by atoms with E-state index in [0.717, 1.165) is 25.2 Å². The molecule has 4 heteroatoms. The molecule has 5 atom stereocenters. The predicted molar refractivity (Wildman–Crippen MR) is 118 cm³/mol. The molecule has 0 amide bonds. The van der Waals surface area contributed by atoms with Gasteiger partial charge in [0.15, 0.2) is 9.84 Å². The maximum atomic E-state index is 13.0. The monoisotopic (exact) mass is 418 g/mol. The molecule has 0 spiro atoms. The van der Waals surface area contributed by atoms with Gasteiger partial charge in [0.25, 0.3) is 0 Å². The van der Waals surface area contributed by atoms with E-state index >= 15 is 0 Å². The number of benzene rings is 1. The largest absolute Gasteiger partial charge is 0.299 e. The number of ketones is 1. The van der Waals surface area contributed by atoms with Crippen LogP contribution in [0.3, 0.4) is 0 Å². The zero-order chi connectivity index (χ0) is 21.2. The smallest absolute Gasteiger partial charge is 0.179 e. The Hall–Kier alpha value is -1.16. The first-order valence-corrected chi connectivity index (χ1v) is 13.1. The van der Waals surface area contributed by atoms with Gasteiger partial charge in [-0.3, -0.25) is 4.79 Å². The maximum absolute atomic E-state index is 13.0. The molecule has 0 radical (unpaired) electrons. The Morgan fingerprint density at radius 2 is 1.76 bits per heavy atom. The summed E-state index contributed by atoms with van der Waals surface area (Å²) in [7, 11) is -3.44. The first-order chi connectivity index (χ1) is 13.6. The van der Waals surface area contributed by atoms with Crippen LogP contribution in [0, 0.1) is 35.0 Å². The summed E-state index contributed by atoms with van der Waals surface area (Å²) >= 11 is 0. The van der Waals surface area contributed by atoms with Crippen molar-refractivity contribution in [2.24, 2.45) is 35.0 Å². The third-order valence-electron chi connectivity index (χ3n) is 7.92. The van der Waals surface area contributed by atoms with Crippen LogP contribution in [0.1, 0.15) is 72.6 Å². The third kappa shape index (κ3) is 4.78. The Kier molecular flexibility index (Phi) is 6.92. The quantitative estimate of drug-likeness (QED) is 0.525. The van der Waals surface area contributed by atoms with Crippen molar-refractivity contribution in [2.45, 2.75) is 77.5 Å². The van der Waals surface area contributed by atoms with Gasteiger partial charge in [0.2, 0.25) is 0 Å². The van der Waals surface area contributed by atoms with Crippen LogP contribution in [-0.4, -0.2) is 20.0 Å². The van der Waals surface area contributed by atoms with Gasteiger partial charge in [-0.25, -0.2) is 8.42 Å². The number of carbonyl (C=O) groups is 1.